The van der Waals surface area contributed by atoms with Crippen molar-refractivity contribution in [2.75, 3.05) is 0 Å². The first-order valence-corrected chi connectivity index (χ1v) is 5.64. The number of benzene rings is 1. The molecule has 0 bridgehead atoms. The predicted molar refractivity (Wildman–Crippen MR) is 73.3 cm³/mol. The van der Waals surface area contributed by atoms with Gasteiger partial charge in [-0.25, -0.2) is 14.4 Å². The number of hydrogen-bond acceptors (Lipinski definition) is 6. The fourth-order valence-electron chi connectivity index (χ4n) is 1.44. The van der Waals surface area contributed by atoms with Crippen LogP contribution in [-0.4, -0.2) is 17.9 Å². The molecule has 6 heteroatoms. The molecule has 1 aromatic carbocycles. The minimum absolute atomic E-state index is 0.0427. The van der Waals surface area contributed by atoms with E-state index in [1.165, 1.54) is 12.1 Å². The standard InChI is InChI=1S/C15H12O6/c1-4-19-13(16)10-7-8-11(14(17)20-5-2)12(9-10)15(18)21-6-3/h4-9H,1-3H2. The molecule has 0 fully saturated rings. The van der Waals surface area contributed by atoms with Crippen LogP contribution in [0.5, 0.6) is 0 Å². The third kappa shape index (κ3) is 3.90. The summed E-state index contributed by atoms with van der Waals surface area (Å²) in [6, 6.07) is 3.69. The number of carbonyl (C=O) groups excluding carboxylic acids is 3. The molecule has 0 aromatic heterocycles. The molecule has 0 atom stereocenters. The topological polar surface area (TPSA) is 78.9 Å². The second-order valence-corrected chi connectivity index (χ2v) is 3.48. The normalized spacial score (nSPS) is 9.14. The number of rotatable bonds is 6. The molecule has 1 rings (SSSR count). The highest BCUT2D eigenvalue weighted by Gasteiger charge is 2.21. The second-order valence-electron chi connectivity index (χ2n) is 3.48. The molecule has 0 N–H and O–H groups in total. The fourth-order valence-corrected chi connectivity index (χ4v) is 1.44. The Labute approximate surface area is 120 Å². The third-order valence-electron chi connectivity index (χ3n) is 2.27. The molecule has 0 spiro atoms. The Morgan fingerprint density at radius 3 is 1.76 bits per heavy atom. The van der Waals surface area contributed by atoms with Gasteiger partial charge in [-0.15, -0.1) is 0 Å². The first-order valence-electron chi connectivity index (χ1n) is 5.64. The van der Waals surface area contributed by atoms with Gasteiger partial charge in [0, 0.05) is 0 Å². The van der Waals surface area contributed by atoms with Crippen LogP contribution in [0, 0.1) is 0 Å². The lowest BCUT2D eigenvalue weighted by Crippen LogP contribution is -2.13. The van der Waals surface area contributed by atoms with Crippen LogP contribution in [0.4, 0.5) is 0 Å². The van der Waals surface area contributed by atoms with Crippen LogP contribution >= 0.6 is 0 Å². The van der Waals surface area contributed by atoms with Crippen LogP contribution in [0.2, 0.25) is 0 Å². The van der Waals surface area contributed by atoms with Crippen LogP contribution in [0.25, 0.3) is 0 Å². The molecule has 0 aliphatic carbocycles. The highest BCUT2D eigenvalue weighted by atomic mass is 16.5. The predicted octanol–water partition coefficient (Wildman–Crippen LogP) is 2.59. The molecule has 0 radical (unpaired) electrons. The minimum atomic E-state index is -0.866. The summed E-state index contributed by atoms with van der Waals surface area (Å²) in [6.07, 6.45) is 2.77. The van der Waals surface area contributed by atoms with Gasteiger partial charge in [-0.1, -0.05) is 19.7 Å². The molecular formula is C15H12O6. The van der Waals surface area contributed by atoms with Gasteiger partial charge >= 0.3 is 17.9 Å². The van der Waals surface area contributed by atoms with E-state index in [2.05, 4.69) is 33.9 Å². The zero-order chi connectivity index (χ0) is 15.8. The average Bonchev–Trinajstić information content (AvgIpc) is 2.47. The van der Waals surface area contributed by atoms with E-state index in [0.717, 1.165) is 24.9 Å². The van der Waals surface area contributed by atoms with E-state index in [4.69, 9.17) is 0 Å². The van der Waals surface area contributed by atoms with Crippen molar-refractivity contribution in [2.45, 2.75) is 0 Å². The Kier molecular flexibility index (Phi) is 5.64. The summed E-state index contributed by atoms with van der Waals surface area (Å²) < 4.78 is 13.8. The zero-order valence-corrected chi connectivity index (χ0v) is 11.0. The van der Waals surface area contributed by atoms with Crippen molar-refractivity contribution in [1.29, 1.82) is 0 Å². The Bertz CT molecular complexity index is 615. The van der Waals surface area contributed by atoms with Crippen LogP contribution in [0.3, 0.4) is 0 Å². The Morgan fingerprint density at radius 2 is 1.24 bits per heavy atom. The summed E-state index contributed by atoms with van der Waals surface area (Å²) in [5, 5.41) is 0. The fraction of sp³-hybridized carbons (Fsp3) is 0. The molecule has 21 heavy (non-hydrogen) atoms. The number of carbonyl (C=O) groups is 3. The lowest BCUT2D eigenvalue weighted by atomic mass is 10.0. The van der Waals surface area contributed by atoms with Gasteiger partial charge in [-0.05, 0) is 18.2 Å². The number of esters is 3. The van der Waals surface area contributed by atoms with Crippen LogP contribution in [0.15, 0.2) is 56.7 Å². The van der Waals surface area contributed by atoms with Crippen molar-refractivity contribution in [2.24, 2.45) is 0 Å². The summed E-state index contributed by atoms with van der Waals surface area (Å²) in [5.74, 6) is -2.42. The van der Waals surface area contributed by atoms with Crippen molar-refractivity contribution in [3.63, 3.8) is 0 Å². The Morgan fingerprint density at radius 1 is 0.762 bits per heavy atom. The van der Waals surface area contributed by atoms with Gasteiger partial charge in [0.2, 0.25) is 0 Å². The number of ether oxygens (including phenoxy) is 3. The molecule has 0 saturated carbocycles. The van der Waals surface area contributed by atoms with Crippen molar-refractivity contribution < 1.29 is 28.6 Å². The van der Waals surface area contributed by atoms with E-state index in [1.54, 1.807) is 0 Å². The van der Waals surface area contributed by atoms with Crippen molar-refractivity contribution in [1.82, 2.24) is 0 Å². The lowest BCUT2D eigenvalue weighted by Gasteiger charge is -2.08. The molecular weight excluding hydrogens is 276 g/mol. The lowest BCUT2D eigenvalue weighted by molar-refractivity contribution is 0.0617. The average molecular weight is 288 g/mol. The SMILES string of the molecule is C=COC(=O)c1ccc(C(=O)OC=C)c(C(=O)OC=C)c1. The van der Waals surface area contributed by atoms with E-state index >= 15 is 0 Å². The van der Waals surface area contributed by atoms with E-state index in [9.17, 15) is 14.4 Å². The van der Waals surface area contributed by atoms with Crippen LogP contribution in [-0.2, 0) is 14.2 Å². The van der Waals surface area contributed by atoms with Gasteiger partial charge in [0.05, 0.1) is 35.5 Å². The maximum Gasteiger partial charge on any atom is 0.343 e. The Balaban J connectivity index is 3.31. The van der Waals surface area contributed by atoms with Crippen LogP contribution < -0.4 is 0 Å². The second kappa shape index (κ2) is 7.44. The monoisotopic (exact) mass is 288 g/mol. The molecule has 0 unspecified atom stereocenters. The molecule has 1 aromatic rings. The van der Waals surface area contributed by atoms with E-state index in [0.29, 0.717) is 0 Å². The summed E-state index contributed by atoms with van der Waals surface area (Å²) in [6.45, 7) is 9.74. The number of hydrogen-bond donors (Lipinski definition) is 0. The first-order chi connectivity index (χ1) is 10.0. The highest BCUT2D eigenvalue weighted by molar-refractivity contribution is 6.05. The zero-order valence-electron chi connectivity index (χ0n) is 11.0. The summed E-state index contributed by atoms with van der Waals surface area (Å²) in [7, 11) is 0. The summed E-state index contributed by atoms with van der Waals surface area (Å²) in [5.41, 5.74) is -0.210. The largest absolute Gasteiger partial charge is 0.432 e. The van der Waals surface area contributed by atoms with E-state index in [-0.39, 0.29) is 16.7 Å². The van der Waals surface area contributed by atoms with E-state index in [1.807, 2.05) is 0 Å². The quantitative estimate of drug-likeness (QED) is 0.455. The summed E-state index contributed by atoms with van der Waals surface area (Å²) >= 11 is 0. The first kappa shape index (κ1) is 15.9. The minimum Gasteiger partial charge on any atom is -0.432 e. The van der Waals surface area contributed by atoms with E-state index < -0.39 is 17.9 Å². The molecule has 0 aliphatic heterocycles. The third-order valence-corrected chi connectivity index (χ3v) is 2.27. The van der Waals surface area contributed by atoms with Crippen molar-refractivity contribution >= 4 is 17.9 Å². The maximum atomic E-state index is 11.8. The highest BCUT2D eigenvalue weighted by Crippen LogP contribution is 2.16. The summed E-state index contributed by atoms with van der Waals surface area (Å²) in [4.78, 5) is 35.1. The molecule has 0 saturated heterocycles. The van der Waals surface area contributed by atoms with Gasteiger partial charge in [-0.2, -0.15) is 0 Å². The van der Waals surface area contributed by atoms with Gasteiger partial charge in [0.15, 0.2) is 0 Å². The van der Waals surface area contributed by atoms with Gasteiger partial charge in [-0.3, -0.25) is 0 Å². The van der Waals surface area contributed by atoms with Gasteiger partial charge in [0.25, 0.3) is 0 Å². The maximum absolute atomic E-state index is 11.8. The molecule has 0 heterocycles. The Hall–Kier alpha value is -3.15. The molecule has 108 valence electrons. The molecule has 6 nitrogen and oxygen atoms in total. The van der Waals surface area contributed by atoms with Gasteiger partial charge < -0.3 is 14.2 Å². The van der Waals surface area contributed by atoms with Crippen LogP contribution in [0.1, 0.15) is 31.1 Å². The van der Waals surface area contributed by atoms with Gasteiger partial charge in [0.1, 0.15) is 0 Å². The van der Waals surface area contributed by atoms with Crippen molar-refractivity contribution in [3.8, 4) is 0 Å². The van der Waals surface area contributed by atoms with Crippen molar-refractivity contribution in [3.05, 3.63) is 73.4 Å². The molecule has 0 aliphatic rings. The smallest absolute Gasteiger partial charge is 0.343 e. The molecule has 0 amide bonds.